The van der Waals surface area contributed by atoms with Crippen molar-refractivity contribution in [2.75, 3.05) is 6.61 Å². The van der Waals surface area contributed by atoms with Crippen LogP contribution in [-0.4, -0.2) is 20.7 Å². The van der Waals surface area contributed by atoms with E-state index in [1.54, 1.807) is 30.3 Å². The largest absolute Gasteiger partial charge is 0.367 e. The second kappa shape index (κ2) is 10.1. The summed E-state index contributed by atoms with van der Waals surface area (Å²) >= 11 is 0. The third-order valence-electron chi connectivity index (χ3n) is 4.46. The van der Waals surface area contributed by atoms with Crippen molar-refractivity contribution in [2.45, 2.75) is 30.8 Å². The Hall–Kier alpha value is -2.76. The van der Waals surface area contributed by atoms with E-state index in [2.05, 4.69) is 11.3 Å². The van der Waals surface area contributed by atoms with Crippen LogP contribution < -0.4 is 0 Å². The molecule has 3 aromatic carbocycles. The lowest BCUT2D eigenvalue weighted by molar-refractivity contribution is 0.0960. The van der Waals surface area contributed by atoms with Gasteiger partial charge in [0, 0.05) is 6.61 Å². The minimum atomic E-state index is -3.88. The van der Waals surface area contributed by atoms with Crippen LogP contribution in [-0.2, 0) is 14.8 Å². The zero-order chi connectivity index (χ0) is 20.5. The van der Waals surface area contributed by atoms with Crippen molar-refractivity contribution in [3.63, 3.8) is 0 Å². The van der Waals surface area contributed by atoms with Gasteiger partial charge in [-0.05, 0) is 29.7 Å². The summed E-state index contributed by atoms with van der Waals surface area (Å²) in [5.74, 6) is 0. The summed E-state index contributed by atoms with van der Waals surface area (Å²) in [7, 11) is -3.88. The monoisotopic (exact) mass is 407 g/mol. The van der Waals surface area contributed by atoms with Crippen molar-refractivity contribution in [3.05, 3.63) is 102 Å². The number of nitrogens with zero attached hydrogens (tertiary/aromatic N) is 1. The molecule has 0 N–H and O–H groups in total. The molecule has 0 radical (unpaired) electrons. The average Bonchev–Trinajstić information content (AvgIpc) is 2.77. The van der Waals surface area contributed by atoms with E-state index < -0.39 is 16.1 Å². The first-order chi connectivity index (χ1) is 14.1. The summed E-state index contributed by atoms with van der Waals surface area (Å²) in [4.78, 5) is 0.161. The third-order valence-corrected chi connectivity index (χ3v) is 5.77. The van der Waals surface area contributed by atoms with Gasteiger partial charge >= 0.3 is 0 Å². The first kappa shape index (κ1) is 21.0. The summed E-state index contributed by atoms with van der Waals surface area (Å²) in [5, 5.41) is 0. The van der Waals surface area contributed by atoms with E-state index in [0.29, 0.717) is 12.3 Å². The fourth-order valence-corrected chi connectivity index (χ4v) is 4.01. The number of ether oxygens (including phenoxy) is 1. The van der Waals surface area contributed by atoms with Crippen molar-refractivity contribution in [2.24, 2.45) is 4.40 Å². The molecule has 0 aliphatic heterocycles. The minimum Gasteiger partial charge on any atom is -0.367 e. The first-order valence-electron chi connectivity index (χ1n) is 9.73. The highest BCUT2D eigenvalue weighted by Gasteiger charge is 2.24. The van der Waals surface area contributed by atoms with Crippen LogP contribution in [0.25, 0.3) is 0 Å². The normalized spacial score (nSPS) is 13.2. The smallest absolute Gasteiger partial charge is 0.282 e. The summed E-state index contributed by atoms with van der Waals surface area (Å²) in [5.41, 5.74) is 1.98. The van der Waals surface area contributed by atoms with Crippen LogP contribution in [0, 0.1) is 0 Å². The molecular weight excluding hydrogens is 382 g/mol. The van der Waals surface area contributed by atoms with E-state index in [0.717, 1.165) is 24.0 Å². The Balaban J connectivity index is 2.12. The lowest BCUT2D eigenvalue weighted by Crippen LogP contribution is -2.20. The molecule has 0 heterocycles. The van der Waals surface area contributed by atoms with Gasteiger partial charge in [-0.1, -0.05) is 92.2 Å². The van der Waals surface area contributed by atoms with E-state index in [1.165, 1.54) is 0 Å². The van der Waals surface area contributed by atoms with Gasteiger partial charge in [0.2, 0.25) is 0 Å². The molecule has 0 aromatic heterocycles. The van der Waals surface area contributed by atoms with Crippen molar-refractivity contribution in [3.8, 4) is 0 Å². The summed E-state index contributed by atoms with van der Waals surface area (Å²) in [6.45, 7) is 2.61. The molecule has 1 atom stereocenters. The van der Waals surface area contributed by atoms with Crippen LogP contribution in [0.3, 0.4) is 0 Å². The van der Waals surface area contributed by atoms with Gasteiger partial charge in [-0.15, -0.1) is 0 Å². The van der Waals surface area contributed by atoms with Crippen LogP contribution in [0.2, 0.25) is 0 Å². The van der Waals surface area contributed by atoms with E-state index >= 15 is 0 Å². The molecule has 150 valence electrons. The molecule has 0 aliphatic carbocycles. The third kappa shape index (κ3) is 5.62. The molecule has 0 amide bonds. The quantitative estimate of drug-likeness (QED) is 0.351. The van der Waals surface area contributed by atoms with Crippen molar-refractivity contribution >= 4 is 15.7 Å². The highest BCUT2D eigenvalue weighted by molar-refractivity contribution is 7.90. The zero-order valence-corrected chi connectivity index (χ0v) is 17.3. The Morgan fingerprint density at radius 2 is 1.41 bits per heavy atom. The Bertz CT molecular complexity index is 1020. The molecule has 0 fully saturated rings. The lowest BCUT2D eigenvalue weighted by atomic mass is 9.99. The molecule has 0 aliphatic rings. The highest BCUT2D eigenvalue weighted by atomic mass is 32.2. The van der Waals surface area contributed by atoms with Crippen molar-refractivity contribution < 1.29 is 13.2 Å². The molecule has 0 saturated carbocycles. The maximum Gasteiger partial charge on any atom is 0.282 e. The Morgan fingerprint density at radius 1 is 0.862 bits per heavy atom. The van der Waals surface area contributed by atoms with E-state index in [4.69, 9.17) is 4.74 Å². The van der Waals surface area contributed by atoms with Crippen molar-refractivity contribution in [1.29, 1.82) is 0 Å². The maximum atomic E-state index is 13.0. The van der Waals surface area contributed by atoms with Crippen molar-refractivity contribution in [1.82, 2.24) is 0 Å². The van der Waals surface area contributed by atoms with Gasteiger partial charge in [-0.2, -0.15) is 12.8 Å². The van der Waals surface area contributed by atoms with Crippen LogP contribution >= 0.6 is 0 Å². The van der Waals surface area contributed by atoms with Gasteiger partial charge in [-0.3, -0.25) is 0 Å². The van der Waals surface area contributed by atoms with Gasteiger partial charge in [-0.25, -0.2) is 0 Å². The standard InChI is InChI=1S/C24H25NO3S/c1-2-3-19-28-24(21-15-9-5-10-16-21)23(20-13-7-4-8-14-20)25-29(26,27)22-17-11-6-12-18-22/h4-18,24H,2-3,19H2,1H3/b25-23+. The fraction of sp³-hybridized carbons (Fsp3) is 0.208. The van der Waals surface area contributed by atoms with Gasteiger partial charge in [0.1, 0.15) is 6.10 Å². The molecule has 3 aromatic rings. The van der Waals surface area contributed by atoms with Gasteiger partial charge < -0.3 is 4.74 Å². The lowest BCUT2D eigenvalue weighted by Gasteiger charge is -2.21. The van der Waals surface area contributed by atoms with Crippen LogP contribution in [0.15, 0.2) is 100 Å². The molecule has 0 saturated heterocycles. The Morgan fingerprint density at radius 3 is 2.00 bits per heavy atom. The van der Waals surface area contributed by atoms with E-state index in [-0.39, 0.29) is 4.90 Å². The number of hydrogen-bond acceptors (Lipinski definition) is 3. The fourth-order valence-electron chi connectivity index (χ4n) is 2.94. The van der Waals surface area contributed by atoms with Gasteiger partial charge in [0.05, 0.1) is 10.6 Å². The van der Waals surface area contributed by atoms with Gasteiger partial charge in [0.25, 0.3) is 10.0 Å². The Labute approximate surface area is 173 Å². The number of benzene rings is 3. The zero-order valence-electron chi connectivity index (χ0n) is 16.4. The first-order valence-corrected chi connectivity index (χ1v) is 11.2. The molecule has 3 rings (SSSR count). The molecule has 0 spiro atoms. The Kier molecular flexibility index (Phi) is 7.33. The predicted molar refractivity (Wildman–Crippen MR) is 117 cm³/mol. The number of rotatable bonds is 9. The molecular formula is C24H25NO3S. The average molecular weight is 408 g/mol. The van der Waals surface area contributed by atoms with E-state index in [1.807, 2.05) is 60.7 Å². The molecule has 29 heavy (non-hydrogen) atoms. The van der Waals surface area contributed by atoms with Crippen LogP contribution in [0.1, 0.15) is 37.0 Å². The second-order valence-corrected chi connectivity index (χ2v) is 8.25. The summed E-state index contributed by atoms with van der Waals surface area (Å²) < 4.78 is 36.5. The number of unbranched alkanes of at least 4 members (excludes halogenated alkanes) is 1. The SMILES string of the molecule is CCCCOC(/C(=N/S(=O)(=O)c1ccccc1)c1ccccc1)c1ccccc1. The molecule has 0 bridgehead atoms. The minimum absolute atomic E-state index is 0.161. The maximum absolute atomic E-state index is 13.0. The van der Waals surface area contributed by atoms with Crippen LogP contribution in [0.5, 0.6) is 0 Å². The summed E-state index contributed by atoms with van der Waals surface area (Å²) in [6.07, 6.45) is 1.29. The van der Waals surface area contributed by atoms with Crippen LogP contribution in [0.4, 0.5) is 0 Å². The van der Waals surface area contributed by atoms with E-state index in [9.17, 15) is 8.42 Å². The predicted octanol–water partition coefficient (Wildman–Crippen LogP) is 5.42. The van der Waals surface area contributed by atoms with Gasteiger partial charge in [0.15, 0.2) is 0 Å². The molecule has 1 unspecified atom stereocenters. The summed E-state index contributed by atoms with van der Waals surface area (Å²) in [6, 6.07) is 27.2. The molecule has 4 nitrogen and oxygen atoms in total. The highest BCUT2D eigenvalue weighted by Crippen LogP contribution is 2.26. The molecule has 5 heteroatoms. The number of sulfonamides is 1. The second-order valence-electron chi connectivity index (χ2n) is 6.65. The topological polar surface area (TPSA) is 55.7 Å². The number of hydrogen-bond donors (Lipinski definition) is 0.